The fraction of sp³-hybridized carbons (Fsp3) is 0.640. The lowest BCUT2D eigenvalue weighted by Gasteiger charge is -2.42. The van der Waals surface area contributed by atoms with Gasteiger partial charge in [0.2, 0.25) is 11.8 Å². The van der Waals surface area contributed by atoms with Crippen molar-refractivity contribution < 1.29 is 19.5 Å². The van der Waals surface area contributed by atoms with Crippen LogP contribution in [-0.2, 0) is 19.8 Å². The van der Waals surface area contributed by atoms with Crippen LogP contribution in [0.3, 0.4) is 0 Å². The van der Waals surface area contributed by atoms with Crippen molar-refractivity contribution in [3.63, 3.8) is 0 Å². The number of hydrogen-bond donors (Lipinski definition) is 3. The van der Waals surface area contributed by atoms with E-state index in [-0.39, 0.29) is 23.3 Å². The van der Waals surface area contributed by atoms with Crippen molar-refractivity contribution >= 4 is 29.1 Å². The summed E-state index contributed by atoms with van der Waals surface area (Å²) in [5.41, 5.74) is -0.860. The van der Waals surface area contributed by atoms with Gasteiger partial charge >= 0.3 is 5.97 Å². The first kappa shape index (κ1) is 28.8. The molecular formula is C25H41N3O4S. The maximum Gasteiger partial charge on any atom is 0.331 e. The highest BCUT2D eigenvalue weighted by atomic mass is 32.1. The minimum absolute atomic E-state index is 0.0207. The first-order valence-electron chi connectivity index (χ1n) is 11.3. The van der Waals surface area contributed by atoms with Gasteiger partial charge in [0.1, 0.15) is 6.04 Å². The Labute approximate surface area is 202 Å². The van der Waals surface area contributed by atoms with Gasteiger partial charge in [-0.3, -0.25) is 9.59 Å². The van der Waals surface area contributed by atoms with Crippen LogP contribution in [0.2, 0.25) is 0 Å². The molecule has 0 unspecified atom stereocenters. The van der Waals surface area contributed by atoms with E-state index < -0.39 is 34.9 Å². The molecule has 7 nitrogen and oxygen atoms in total. The van der Waals surface area contributed by atoms with Crippen LogP contribution in [0.5, 0.6) is 0 Å². The summed E-state index contributed by atoms with van der Waals surface area (Å²) in [7, 11) is 3.42. The summed E-state index contributed by atoms with van der Waals surface area (Å²) in [6.45, 7) is 15.1. The quantitative estimate of drug-likeness (QED) is 0.445. The van der Waals surface area contributed by atoms with Crippen LogP contribution in [0.15, 0.2) is 29.2 Å². The van der Waals surface area contributed by atoms with Crippen molar-refractivity contribution in [2.75, 3.05) is 14.1 Å². The van der Waals surface area contributed by atoms with Crippen LogP contribution in [0.25, 0.3) is 0 Å². The van der Waals surface area contributed by atoms with Gasteiger partial charge in [-0.25, -0.2) is 4.79 Å². The van der Waals surface area contributed by atoms with Crippen molar-refractivity contribution in [2.24, 2.45) is 11.3 Å². The molecule has 1 aromatic heterocycles. The molecule has 1 aromatic rings. The SMILES string of the molecule is CN[C@@H](C(=O)N(C)[C@H](C(=O)N[C@H](/C=C(\C)C(=O)O)C(C)C)C(C)(C)C)C(C)(C)c1cccs1. The Kier molecular flexibility index (Phi) is 9.87. The number of carboxylic acid groups (broad SMARTS) is 1. The van der Waals surface area contributed by atoms with E-state index in [0.29, 0.717) is 0 Å². The fourth-order valence-corrected chi connectivity index (χ4v) is 4.93. The van der Waals surface area contributed by atoms with Crippen LogP contribution < -0.4 is 10.6 Å². The van der Waals surface area contributed by atoms with Crippen LogP contribution >= 0.6 is 11.3 Å². The van der Waals surface area contributed by atoms with Crippen LogP contribution in [0.1, 0.15) is 60.3 Å². The maximum absolute atomic E-state index is 13.7. The summed E-state index contributed by atoms with van der Waals surface area (Å²) in [6.07, 6.45) is 1.56. The van der Waals surface area contributed by atoms with Gasteiger partial charge in [0.25, 0.3) is 0 Å². The lowest BCUT2D eigenvalue weighted by Crippen LogP contribution is -2.61. The van der Waals surface area contributed by atoms with E-state index in [0.717, 1.165) is 4.88 Å². The number of aliphatic carboxylic acids is 1. The zero-order valence-corrected chi connectivity index (χ0v) is 22.5. The van der Waals surface area contributed by atoms with E-state index in [1.165, 1.54) is 11.8 Å². The van der Waals surface area contributed by atoms with Gasteiger partial charge in [-0.05, 0) is 36.8 Å². The Morgan fingerprint density at radius 3 is 2.12 bits per heavy atom. The molecule has 0 bridgehead atoms. The van der Waals surface area contributed by atoms with Gasteiger partial charge in [-0.15, -0.1) is 11.3 Å². The normalized spacial score (nSPS) is 15.7. The third-order valence-corrected chi connectivity index (χ3v) is 7.22. The number of likely N-dealkylation sites (N-methyl/N-ethyl adjacent to an activating group) is 2. The van der Waals surface area contributed by atoms with Gasteiger partial charge in [-0.1, -0.05) is 60.6 Å². The Morgan fingerprint density at radius 1 is 1.15 bits per heavy atom. The molecule has 8 heteroatoms. The lowest BCUT2D eigenvalue weighted by atomic mass is 9.80. The number of carbonyl (C=O) groups is 3. The average molecular weight is 480 g/mol. The smallest absolute Gasteiger partial charge is 0.331 e. The summed E-state index contributed by atoms with van der Waals surface area (Å²) < 4.78 is 0. The molecule has 33 heavy (non-hydrogen) atoms. The van der Waals surface area contributed by atoms with E-state index in [9.17, 15) is 19.5 Å². The molecule has 0 fully saturated rings. The number of nitrogens with zero attached hydrogens (tertiary/aromatic N) is 1. The molecule has 0 radical (unpaired) electrons. The number of carboxylic acids is 1. The lowest BCUT2D eigenvalue weighted by molar-refractivity contribution is -0.145. The van der Waals surface area contributed by atoms with Crippen molar-refractivity contribution in [1.82, 2.24) is 15.5 Å². The van der Waals surface area contributed by atoms with Gasteiger partial charge in [0.05, 0.1) is 12.1 Å². The number of thiophene rings is 1. The van der Waals surface area contributed by atoms with Crippen molar-refractivity contribution in [3.8, 4) is 0 Å². The van der Waals surface area contributed by atoms with Crippen molar-refractivity contribution in [1.29, 1.82) is 0 Å². The average Bonchev–Trinajstić information content (AvgIpc) is 3.22. The van der Waals surface area contributed by atoms with Crippen LogP contribution in [0.4, 0.5) is 0 Å². The molecule has 3 atom stereocenters. The number of amides is 2. The second-order valence-corrected chi connectivity index (χ2v) is 11.5. The summed E-state index contributed by atoms with van der Waals surface area (Å²) in [6, 6.07) is 2.23. The predicted octanol–water partition coefficient (Wildman–Crippen LogP) is 3.66. The van der Waals surface area contributed by atoms with Gasteiger partial charge < -0.3 is 20.6 Å². The van der Waals surface area contributed by atoms with Crippen LogP contribution in [-0.4, -0.2) is 60.0 Å². The summed E-state index contributed by atoms with van der Waals surface area (Å²) in [5.74, 6) is -1.53. The van der Waals surface area contributed by atoms with Gasteiger partial charge in [0, 0.05) is 22.9 Å². The molecule has 1 heterocycles. The first-order chi connectivity index (χ1) is 15.0. The molecule has 0 saturated carbocycles. The molecular weight excluding hydrogens is 438 g/mol. The van der Waals surface area contributed by atoms with E-state index in [1.807, 2.05) is 66.0 Å². The Morgan fingerprint density at radius 2 is 1.73 bits per heavy atom. The van der Waals surface area contributed by atoms with E-state index in [2.05, 4.69) is 10.6 Å². The van der Waals surface area contributed by atoms with Crippen molar-refractivity contribution in [3.05, 3.63) is 34.0 Å². The second kappa shape index (κ2) is 11.3. The highest BCUT2D eigenvalue weighted by Crippen LogP contribution is 2.33. The van der Waals surface area contributed by atoms with E-state index >= 15 is 0 Å². The fourth-order valence-electron chi connectivity index (χ4n) is 4.05. The Hall–Kier alpha value is -2.19. The Balaban J connectivity index is 3.28. The second-order valence-electron chi connectivity index (χ2n) is 10.6. The number of rotatable bonds is 10. The number of carbonyl (C=O) groups excluding carboxylic acids is 2. The predicted molar refractivity (Wildman–Crippen MR) is 134 cm³/mol. The highest BCUT2D eigenvalue weighted by Gasteiger charge is 2.44. The standard InChI is InChI=1S/C25H41N3O4S/c1-15(2)17(14-16(3)23(31)32)27-21(29)20(24(4,5)6)28(10)22(30)19(26-9)25(7,8)18-12-11-13-33-18/h11-15,17,19-20,26H,1-10H3,(H,27,29)(H,31,32)/b16-14+/t17-,19+,20-/m1/s1. The first-order valence-corrected chi connectivity index (χ1v) is 12.1. The summed E-state index contributed by atoms with van der Waals surface area (Å²) in [5, 5.41) is 17.4. The third-order valence-electron chi connectivity index (χ3n) is 6.01. The zero-order chi connectivity index (χ0) is 25.7. The third kappa shape index (κ3) is 7.14. The van der Waals surface area contributed by atoms with Crippen molar-refractivity contribution in [2.45, 2.75) is 78.9 Å². The highest BCUT2D eigenvalue weighted by molar-refractivity contribution is 7.10. The van der Waals surface area contributed by atoms with Gasteiger partial charge in [0.15, 0.2) is 0 Å². The molecule has 1 rings (SSSR count). The molecule has 0 aliphatic heterocycles. The topological polar surface area (TPSA) is 98.7 Å². The molecule has 186 valence electrons. The molecule has 0 spiro atoms. The number of nitrogens with one attached hydrogen (secondary N) is 2. The minimum atomic E-state index is -1.03. The summed E-state index contributed by atoms with van der Waals surface area (Å²) in [4.78, 5) is 41.1. The monoisotopic (exact) mass is 479 g/mol. The molecule has 0 aromatic carbocycles. The largest absolute Gasteiger partial charge is 0.478 e. The maximum atomic E-state index is 13.7. The molecule has 0 saturated heterocycles. The van der Waals surface area contributed by atoms with Crippen LogP contribution in [0, 0.1) is 11.3 Å². The molecule has 0 aliphatic carbocycles. The number of hydrogen-bond acceptors (Lipinski definition) is 5. The molecule has 0 aliphatic rings. The Bertz CT molecular complexity index is 854. The van der Waals surface area contributed by atoms with Gasteiger partial charge in [-0.2, -0.15) is 0 Å². The summed E-state index contributed by atoms with van der Waals surface area (Å²) >= 11 is 1.60. The van der Waals surface area contributed by atoms with E-state index in [4.69, 9.17) is 0 Å². The molecule has 2 amide bonds. The van der Waals surface area contributed by atoms with E-state index in [1.54, 1.807) is 31.5 Å². The minimum Gasteiger partial charge on any atom is -0.478 e. The zero-order valence-electron chi connectivity index (χ0n) is 21.6. The molecule has 3 N–H and O–H groups in total.